The van der Waals surface area contributed by atoms with E-state index in [1.807, 2.05) is 0 Å². The van der Waals surface area contributed by atoms with Crippen LogP contribution in [-0.2, 0) is 18.6 Å². The van der Waals surface area contributed by atoms with Crippen LogP contribution >= 0.6 is 0 Å². The fourth-order valence-electron chi connectivity index (χ4n) is 0. The van der Waals surface area contributed by atoms with E-state index in [9.17, 15) is 0 Å². The Bertz CT molecular complexity index is 10.1. The quantitative estimate of drug-likeness (QED) is 0.404. The summed E-state index contributed by atoms with van der Waals surface area (Å²) in [4.78, 5) is 0. The van der Waals surface area contributed by atoms with Gasteiger partial charge < -0.3 is 15.3 Å². The molecule has 0 aliphatic heterocycles. The van der Waals surface area contributed by atoms with Crippen molar-refractivity contribution in [3.63, 3.8) is 0 Å². The molecule has 0 heterocycles. The van der Waals surface area contributed by atoms with Crippen LogP contribution in [0.15, 0.2) is 0 Å². The van der Waals surface area contributed by atoms with E-state index < -0.39 is 0 Å². The molecule has 0 amide bonds. The molecule has 7 heavy (non-hydrogen) atoms. The smallest absolute Gasteiger partial charge is 0.400 e. The molecule has 45 valence electrons. The molecule has 0 unspecified atom stereocenters. The Balaban J connectivity index is -0.00000000900. The summed E-state index contributed by atoms with van der Waals surface area (Å²) in [5.41, 5.74) is 0. The van der Waals surface area contributed by atoms with Crippen LogP contribution in [0.2, 0.25) is 0 Å². The first-order valence-electron chi connectivity index (χ1n) is 1.34. The van der Waals surface area contributed by atoms with E-state index in [0.29, 0.717) is 0 Å². The summed E-state index contributed by atoms with van der Waals surface area (Å²) in [6, 6.07) is 0. The summed E-state index contributed by atoms with van der Waals surface area (Å²) in [7, 11) is 3.00. The summed E-state index contributed by atoms with van der Waals surface area (Å²) in [6.07, 6.45) is 0. The van der Waals surface area contributed by atoms with Crippen LogP contribution in [0.5, 0.6) is 0 Å². The molecule has 0 rings (SSSR count). The minimum absolute atomic E-state index is 0. The van der Waals surface area contributed by atoms with Crippen molar-refractivity contribution >= 4 is 0 Å². The van der Waals surface area contributed by atoms with E-state index in [-0.39, 0.29) is 18.6 Å². The van der Waals surface area contributed by atoms with E-state index >= 15 is 0 Å². The first-order chi connectivity index (χ1) is 3.00. The van der Waals surface area contributed by atoms with E-state index in [2.05, 4.69) is 0 Å². The van der Waals surface area contributed by atoms with Crippen molar-refractivity contribution in [2.45, 2.75) is 0 Å². The third-order valence-electron chi connectivity index (χ3n) is 0. The monoisotopic (exact) mass is 147 g/mol. The second-order valence-corrected chi connectivity index (χ2v) is 0. The number of rotatable bonds is 0. The van der Waals surface area contributed by atoms with Crippen LogP contribution in [0.1, 0.15) is 0 Å². The number of aliphatic hydroxyl groups is 3. The summed E-state index contributed by atoms with van der Waals surface area (Å²) in [5.74, 6) is 0. The maximum atomic E-state index is 7.00. The third kappa shape index (κ3) is 597. The van der Waals surface area contributed by atoms with Crippen molar-refractivity contribution in [2.75, 3.05) is 21.3 Å². The van der Waals surface area contributed by atoms with E-state index in [1.54, 1.807) is 0 Å². The molecular weight excluding hydrogens is 135 g/mol. The van der Waals surface area contributed by atoms with Gasteiger partial charge in [0.05, 0.1) is 0 Å². The Morgan fingerprint density at radius 3 is 0.571 bits per heavy atom. The van der Waals surface area contributed by atoms with Gasteiger partial charge in [0, 0.05) is 21.3 Å². The predicted octanol–water partition coefficient (Wildman–Crippen LogP) is -1.18. The van der Waals surface area contributed by atoms with E-state index in [0.717, 1.165) is 21.3 Å². The zero-order valence-electron chi connectivity index (χ0n) is 4.79. The van der Waals surface area contributed by atoms with Crippen LogP contribution in [0, 0.1) is 0 Å². The topological polar surface area (TPSA) is 60.7 Å². The Hall–Kier alpha value is 0.464. The van der Waals surface area contributed by atoms with Crippen LogP contribution in [-0.4, -0.2) is 36.6 Å². The minimum Gasteiger partial charge on any atom is -0.400 e. The van der Waals surface area contributed by atoms with Gasteiger partial charge in [0.15, 0.2) is 0 Å². The van der Waals surface area contributed by atoms with Gasteiger partial charge in [0.1, 0.15) is 0 Å². The van der Waals surface area contributed by atoms with E-state index in [1.165, 1.54) is 0 Å². The summed E-state index contributed by atoms with van der Waals surface area (Å²) in [5, 5.41) is 21.0. The average molecular weight is 147 g/mol. The van der Waals surface area contributed by atoms with Gasteiger partial charge in [-0.1, -0.05) is 0 Å². The molecule has 0 aromatic heterocycles. The fourth-order valence-corrected chi connectivity index (χ4v) is 0. The summed E-state index contributed by atoms with van der Waals surface area (Å²) >= 11 is 0. The third-order valence-corrected chi connectivity index (χ3v) is 0. The van der Waals surface area contributed by atoms with Crippen molar-refractivity contribution < 1.29 is 33.9 Å². The van der Waals surface area contributed by atoms with Crippen molar-refractivity contribution in [1.82, 2.24) is 0 Å². The van der Waals surface area contributed by atoms with Crippen molar-refractivity contribution in [1.29, 1.82) is 0 Å². The Morgan fingerprint density at radius 1 is 0.571 bits per heavy atom. The number of hydrogen-bond donors (Lipinski definition) is 3. The summed E-state index contributed by atoms with van der Waals surface area (Å²) < 4.78 is 0. The first-order valence-corrected chi connectivity index (χ1v) is 1.34. The largest absolute Gasteiger partial charge is 2.00 e. The van der Waals surface area contributed by atoms with Gasteiger partial charge in [0.2, 0.25) is 0 Å². The molecule has 1 radical (unpaired) electrons. The van der Waals surface area contributed by atoms with Crippen molar-refractivity contribution in [3.8, 4) is 0 Å². The van der Waals surface area contributed by atoms with Gasteiger partial charge in [0.25, 0.3) is 0 Å². The average Bonchev–Trinajstić information content (AvgIpc) is 1.81. The van der Waals surface area contributed by atoms with Crippen LogP contribution in [0.3, 0.4) is 0 Å². The van der Waals surface area contributed by atoms with Gasteiger partial charge in [-0.05, 0) is 0 Å². The normalized spacial score (nSPS) is 2.57. The molecule has 0 bridgehead atoms. The van der Waals surface area contributed by atoms with E-state index in [4.69, 9.17) is 15.3 Å². The number of hydrogen-bond acceptors (Lipinski definition) is 3. The van der Waals surface area contributed by atoms with Gasteiger partial charge in [-0.15, -0.1) is 0 Å². The zero-order chi connectivity index (χ0) is 6.00. The second-order valence-electron chi connectivity index (χ2n) is 0. The molecular formula is C3H12O3V+2. The van der Waals surface area contributed by atoms with Gasteiger partial charge >= 0.3 is 18.6 Å². The zero-order valence-corrected chi connectivity index (χ0v) is 6.19. The Kier molecular flexibility index (Phi) is 3320. The van der Waals surface area contributed by atoms with Gasteiger partial charge in [-0.2, -0.15) is 0 Å². The molecule has 0 spiro atoms. The van der Waals surface area contributed by atoms with Crippen molar-refractivity contribution in [2.24, 2.45) is 0 Å². The Morgan fingerprint density at radius 2 is 0.571 bits per heavy atom. The second kappa shape index (κ2) is 895. The molecule has 0 aliphatic rings. The number of aliphatic hydroxyl groups excluding tert-OH is 3. The fraction of sp³-hybridized carbons (Fsp3) is 1.00. The molecule has 0 fully saturated rings. The molecule has 4 heteroatoms. The molecule has 0 aromatic carbocycles. The SMILES string of the molecule is CO.CO.CO.[V+2]. The molecule has 0 saturated heterocycles. The maximum absolute atomic E-state index is 7.00. The van der Waals surface area contributed by atoms with Gasteiger partial charge in [-0.25, -0.2) is 0 Å². The first kappa shape index (κ1) is 26.0. The predicted molar refractivity (Wildman–Crippen MR) is 24.4 cm³/mol. The Labute approximate surface area is 55.9 Å². The molecule has 0 aromatic rings. The van der Waals surface area contributed by atoms with Crippen LogP contribution in [0.4, 0.5) is 0 Å². The van der Waals surface area contributed by atoms with Crippen molar-refractivity contribution in [3.05, 3.63) is 0 Å². The standard InChI is InChI=1S/3CH4O.V/c3*1-2;/h3*2H,1H3;/q;;;+2. The van der Waals surface area contributed by atoms with Crippen LogP contribution in [0.25, 0.3) is 0 Å². The molecule has 3 N–H and O–H groups in total. The minimum atomic E-state index is 0. The molecule has 0 aliphatic carbocycles. The van der Waals surface area contributed by atoms with Gasteiger partial charge in [-0.3, -0.25) is 0 Å². The summed E-state index contributed by atoms with van der Waals surface area (Å²) in [6.45, 7) is 0. The van der Waals surface area contributed by atoms with Crippen LogP contribution < -0.4 is 0 Å². The maximum Gasteiger partial charge on any atom is 2.00 e. The molecule has 0 atom stereocenters. The molecule has 0 saturated carbocycles. The molecule has 3 nitrogen and oxygen atoms in total.